The van der Waals surface area contributed by atoms with Gasteiger partial charge >= 0.3 is 0 Å². The lowest BCUT2D eigenvalue weighted by Crippen LogP contribution is -1.97. The summed E-state index contributed by atoms with van der Waals surface area (Å²) in [7, 11) is 0. The van der Waals surface area contributed by atoms with Gasteiger partial charge in [-0.25, -0.2) is 0 Å². The first kappa shape index (κ1) is 24.6. The van der Waals surface area contributed by atoms with Crippen LogP contribution in [0.15, 0.2) is 116 Å². The fourth-order valence-electron chi connectivity index (χ4n) is 6.86. The molecule has 0 N–H and O–H groups in total. The molecular formula is C38H28N4S. The molecule has 5 heteroatoms. The number of para-hydroxylation sites is 2. The van der Waals surface area contributed by atoms with Crippen molar-refractivity contribution in [2.75, 3.05) is 0 Å². The van der Waals surface area contributed by atoms with Crippen LogP contribution in [0.3, 0.4) is 0 Å². The van der Waals surface area contributed by atoms with Gasteiger partial charge in [-0.15, -0.1) is 11.3 Å². The van der Waals surface area contributed by atoms with Crippen molar-refractivity contribution in [2.24, 2.45) is 0 Å². The van der Waals surface area contributed by atoms with Crippen molar-refractivity contribution in [3.8, 4) is 11.4 Å². The zero-order valence-corrected chi connectivity index (χ0v) is 24.6. The van der Waals surface area contributed by atoms with E-state index in [9.17, 15) is 0 Å². The maximum atomic E-state index is 4.79. The van der Waals surface area contributed by atoms with Crippen LogP contribution in [0, 0.1) is 0 Å². The molecule has 0 aliphatic carbocycles. The Labute approximate surface area is 252 Å². The molecular weight excluding hydrogens is 545 g/mol. The van der Waals surface area contributed by atoms with Gasteiger partial charge in [0.15, 0.2) is 0 Å². The summed E-state index contributed by atoms with van der Waals surface area (Å²) in [4.78, 5) is 9.55. The number of pyridine rings is 2. The topological polar surface area (TPSA) is 35.6 Å². The number of thiophene rings is 1. The third-order valence-electron chi connectivity index (χ3n) is 8.79. The Kier molecular flexibility index (Phi) is 5.44. The van der Waals surface area contributed by atoms with E-state index in [1.165, 1.54) is 66.1 Å². The van der Waals surface area contributed by atoms with Crippen LogP contribution in [-0.4, -0.2) is 19.1 Å². The lowest BCUT2D eigenvalue weighted by molar-refractivity contribution is 0.799. The van der Waals surface area contributed by atoms with E-state index in [1.807, 2.05) is 35.9 Å². The van der Waals surface area contributed by atoms with Gasteiger partial charge in [0.2, 0.25) is 0 Å². The number of rotatable bonds is 5. The monoisotopic (exact) mass is 572 g/mol. The van der Waals surface area contributed by atoms with Crippen LogP contribution in [0.25, 0.3) is 75.4 Å². The predicted molar refractivity (Wildman–Crippen MR) is 182 cm³/mol. The van der Waals surface area contributed by atoms with E-state index in [0.717, 1.165) is 34.2 Å². The summed E-state index contributed by atoms with van der Waals surface area (Å²) in [5.41, 5.74) is 10.5. The van der Waals surface area contributed by atoms with Gasteiger partial charge in [0.05, 0.1) is 33.1 Å². The first-order valence-corrected chi connectivity index (χ1v) is 15.8. The van der Waals surface area contributed by atoms with E-state index in [4.69, 9.17) is 9.97 Å². The van der Waals surface area contributed by atoms with Crippen LogP contribution in [0.2, 0.25) is 0 Å². The van der Waals surface area contributed by atoms with Gasteiger partial charge in [-0.2, -0.15) is 0 Å². The smallest absolute Gasteiger partial charge is 0.0963 e. The number of benzene rings is 4. The number of aryl methyl sites for hydroxylation is 1. The Hall–Kier alpha value is -5.00. The van der Waals surface area contributed by atoms with Crippen molar-refractivity contribution in [2.45, 2.75) is 26.2 Å². The summed E-state index contributed by atoms with van der Waals surface area (Å²) in [6, 6.07) is 37.4. The summed E-state index contributed by atoms with van der Waals surface area (Å²) in [5.74, 6) is 0. The molecule has 0 radical (unpaired) electrons. The zero-order valence-electron chi connectivity index (χ0n) is 23.8. The third kappa shape index (κ3) is 3.61. The fourth-order valence-corrected chi connectivity index (χ4v) is 8.07. The molecule has 0 saturated heterocycles. The summed E-state index contributed by atoms with van der Waals surface area (Å²) in [6.07, 6.45) is 7.18. The lowest BCUT2D eigenvalue weighted by atomic mass is 10.0. The highest BCUT2D eigenvalue weighted by Crippen LogP contribution is 2.41. The molecule has 0 saturated carbocycles. The number of hydrogen-bond acceptors (Lipinski definition) is 3. The van der Waals surface area contributed by atoms with E-state index in [-0.39, 0.29) is 0 Å². The molecule has 0 aliphatic heterocycles. The average molecular weight is 573 g/mol. The molecule has 4 aromatic carbocycles. The number of aromatic nitrogens is 4. The van der Waals surface area contributed by atoms with E-state index >= 15 is 0 Å². The molecule has 0 bridgehead atoms. The number of nitrogens with zero attached hydrogens (tertiary/aromatic N) is 4. The van der Waals surface area contributed by atoms with Crippen LogP contribution in [0.5, 0.6) is 0 Å². The second kappa shape index (κ2) is 9.51. The van der Waals surface area contributed by atoms with Crippen LogP contribution in [0.1, 0.15) is 25.3 Å². The minimum absolute atomic E-state index is 1.04. The van der Waals surface area contributed by atoms with Crippen LogP contribution < -0.4 is 0 Å². The van der Waals surface area contributed by atoms with Crippen molar-refractivity contribution in [3.05, 3.63) is 121 Å². The maximum Gasteiger partial charge on any atom is 0.0963 e. The van der Waals surface area contributed by atoms with Gasteiger partial charge in [0, 0.05) is 54.7 Å². The molecule has 9 aromatic rings. The number of hydrogen-bond donors (Lipinski definition) is 0. The van der Waals surface area contributed by atoms with Crippen molar-refractivity contribution < 1.29 is 0 Å². The minimum atomic E-state index is 1.04. The van der Waals surface area contributed by atoms with Crippen LogP contribution in [-0.2, 0) is 6.42 Å². The molecule has 0 spiro atoms. The van der Waals surface area contributed by atoms with Gasteiger partial charge in [0.1, 0.15) is 0 Å². The van der Waals surface area contributed by atoms with Gasteiger partial charge in [-0.05, 0) is 85.1 Å². The maximum absolute atomic E-state index is 4.79. The largest absolute Gasteiger partial charge is 0.308 e. The van der Waals surface area contributed by atoms with Crippen molar-refractivity contribution in [3.63, 3.8) is 0 Å². The third-order valence-corrected chi connectivity index (χ3v) is 10.0. The summed E-state index contributed by atoms with van der Waals surface area (Å²) >= 11 is 1.92. The highest BCUT2D eigenvalue weighted by Gasteiger charge is 2.18. The second-order valence-electron chi connectivity index (χ2n) is 11.3. The molecule has 5 aromatic heterocycles. The van der Waals surface area contributed by atoms with Crippen molar-refractivity contribution in [1.29, 1.82) is 0 Å². The van der Waals surface area contributed by atoms with Crippen LogP contribution >= 0.6 is 11.3 Å². The van der Waals surface area contributed by atoms with Crippen molar-refractivity contribution >= 4 is 75.4 Å². The van der Waals surface area contributed by atoms with Crippen molar-refractivity contribution in [1.82, 2.24) is 19.1 Å². The molecule has 0 atom stereocenters. The predicted octanol–water partition coefficient (Wildman–Crippen LogP) is 10.4. The molecule has 0 amide bonds. The van der Waals surface area contributed by atoms with Gasteiger partial charge in [-0.3, -0.25) is 9.97 Å². The van der Waals surface area contributed by atoms with Crippen LogP contribution in [0.4, 0.5) is 0 Å². The SMILES string of the molecule is CCCCc1cc(-n2c3ccccc3c3ncccc32)cc2c1sc1ccc(-n3c4ccccc4c4ncccc43)cc12. The van der Waals surface area contributed by atoms with E-state index in [1.54, 1.807) is 0 Å². The highest BCUT2D eigenvalue weighted by atomic mass is 32.1. The molecule has 5 heterocycles. The standard InChI is InChI=1S/C38H28N4S/c1-2-3-10-24-21-26(42-32-14-7-5-12-28(32)37-34(42)16-9-20-40-37)23-30-29-22-25(17-18-35(29)43-38(24)30)41-31-13-6-4-11-27(31)36-33(41)15-8-19-39-36/h4-9,11-23H,2-3,10H2,1H3. The molecule has 43 heavy (non-hydrogen) atoms. The minimum Gasteiger partial charge on any atom is -0.308 e. The van der Waals surface area contributed by atoms with Gasteiger partial charge in [-0.1, -0.05) is 49.7 Å². The number of fused-ring (bicyclic) bond motifs is 9. The van der Waals surface area contributed by atoms with E-state index in [0.29, 0.717) is 0 Å². The Morgan fingerprint density at radius 1 is 0.581 bits per heavy atom. The second-order valence-corrected chi connectivity index (χ2v) is 12.4. The first-order chi connectivity index (χ1) is 21.3. The summed E-state index contributed by atoms with van der Waals surface area (Å²) in [6.45, 7) is 2.28. The Balaban J connectivity index is 1.35. The fraction of sp³-hybridized carbons (Fsp3) is 0.105. The average Bonchev–Trinajstić information content (AvgIpc) is 3.71. The highest BCUT2D eigenvalue weighted by molar-refractivity contribution is 7.26. The summed E-state index contributed by atoms with van der Waals surface area (Å²) in [5, 5.41) is 4.98. The Morgan fingerprint density at radius 2 is 1.19 bits per heavy atom. The molecule has 0 fully saturated rings. The molecule has 4 nitrogen and oxygen atoms in total. The quantitative estimate of drug-likeness (QED) is 0.206. The molecule has 0 unspecified atom stereocenters. The molecule has 0 aliphatic rings. The zero-order chi connectivity index (χ0) is 28.5. The summed E-state index contributed by atoms with van der Waals surface area (Å²) < 4.78 is 7.48. The van der Waals surface area contributed by atoms with Gasteiger partial charge in [0.25, 0.3) is 0 Å². The van der Waals surface area contributed by atoms with Gasteiger partial charge < -0.3 is 9.13 Å². The molecule has 206 valence electrons. The lowest BCUT2D eigenvalue weighted by Gasteiger charge is -2.12. The Bertz CT molecular complexity index is 2410. The first-order valence-electron chi connectivity index (χ1n) is 15.0. The molecule has 9 rings (SSSR count). The van der Waals surface area contributed by atoms with E-state index < -0.39 is 0 Å². The normalized spacial score (nSPS) is 12.1. The van der Waals surface area contributed by atoms with E-state index in [2.05, 4.69) is 107 Å². The number of unbranched alkanes of at least 4 members (excludes halogenated alkanes) is 1. The Morgan fingerprint density at radius 3 is 1.86 bits per heavy atom.